The van der Waals surface area contributed by atoms with Crippen molar-refractivity contribution < 1.29 is 38.1 Å². The molecule has 2 fully saturated rings. The van der Waals surface area contributed by atoms with E-state index >= 15 is 0 Å². The molecule has 1 spiro atoms. The van der Waals surface area contributed by atoms with E-state index in [-0.39, 0.29) is 30.8 Å². The fourth-order valence-corrected chi connectivity index (χ4v) is 8.53. The zero-order chi connectivity index (χ0) is 45.1. The normalized spacial score (nSPS) is 16.6. The fraction of sp³-hybridized carbons (Fsp3) is 0.333. The van der Waals surface area contributed by atoms with Crippen molar-refractivity contribution in [1.82, 2.24) is 40.4 Å². The summed E-state index contributed by atoms with van der Waals surface area (Å²) >= 11 is 0. The van der Waals surface area contributed by atoms with Gasteiger partial charge in [0.15, 0.2) is 0 Å². The van der Waals surface area contributed by atoms with E-state index in [2.05, 4.69) is 45.4 Å². The number of carbonyl (C=O) groups excluding carboxylic acids is 4. The molecule has 0 saturated carbocycles. The van der Waals surface area contributed by atoms with Gasteiger partial charge in [-0.1, -0.05) is 100 Å². The number of alkyl carbamates (subject to hydrolysis) is 2. The molecule has 332 valence electrons. The third-order valence-electron chi connectivity index (χ3n) is 11.8. The van der Waals surface area contributed by atoms with Gasteiger partial charge in [-0.3, -0.25) is 9.59 Å². The van der Waals surface area contributed by atoms with Gasteiger partial charge in [-0.25, -0.2) is 19.6 Å². The molecule has 2 saturated heterocycles. The van der Waals surface area contributed by atoms with Crippen molar-refractivity contribution >= 4 is 45.8 Å². The molecule has 64 heavy (non-hydrogen) atoms. The number of methoxy groups -OCH3 is 2. The SMILES string of the molecule is C=C1[C@@H](c2ncc(-c3ccc(-c4ccc5c(ccc6nc(CN(CCC)C(=O)[C@H](NC(=O)OC)c7ccccc7)[nH]c65)c4)cc3)[nH]2)N(C(=O)[C@@H](NC(=O)OC)C(C)C)CC12OCCO2. The summed E-state index contributed by atoms with van der Waals surface area (Å²) in [6.07, 6.45) is 1.05. The van der Waals surface area contributed by atoms with E-state index < -0.39 is 36.1 Å². The monoisotopic (exact) mass is 868 g/mol. The van der Waals surface area contributed by atoms with Crippen LogP contribution in [0.1, 0.15) is 56.5 Å². The standard InChI is InChI=1S/C48H52N8O8/c1-7-21-55(44(57)40(54-47(60)62-6)32-11-9-8-10-12-32)26-38-50-36-20-18-34-24-33(17-19-35(34)41(36)52-38)30-13-15-31(16-14-30)37-25-49-43(51-37)42-29(4)48(63-22-23-64-48)27-56(42)45(58)39(28(2)3)53-46(59)61-5/h8-20,24-25,28,39-40,42H,4,7,21-23,26-27H2,1-3,5-6H3,(H,49,51)(H,50,52)(H,53,59)(H,54,60)/t39-,40+,42-/m0/s1. The average Bonchev–Trinajstić information content (AvgIpc) is 4.14. The molecule has 2 aromatic heterocycles. The second kappa shape index (κ2) is 18.4. The first-order chi connectivity index (χ1) is 30.9. The van der Waals surface area contributed by atoms with Crippen LogP contribution in [-0.4, -0.2) is 106 Å². The summed E-state index contributed by atoms with van der Waals surface area (Å²) in [5.74, 6) is -0.889. The number of likely N-dealkylation sites (tertiary alicyclic amines) is 1. The van der Waals surface area contributed by atoms with Gasteiger partial charge in [-0.2, -0.15) is 0 Å². The van der Waals surface area contributed by atoms with Crippen LogP contribution in [-0.2, 0) is 35.1 Å². The first-order valence-electron chi connectivity index (χ1n) is 21.3. The van der Waals surface area contributed by atoms with Crippen LogP contribution in [0.4, 0.5) is 9.59 Å². The van der Waals surface area contributed by atoms with Crippen molar-refractivity contribution in [3.63, 3.8) is 0 Å². The van der Waals surface area contributed by atoms with E-state index in [0.717, 1.165) is 44.2 Å². The Kier molecular flexibility index (Phi) is 12.5. The minimum absolute atomic E-state index is 0.0940. The van der Waals surface area contributed by atoms with E-state index in [9.17, 15) is 19.2 Å². The molecule has 8 rings (SSSR count). The molecular weight excluding hydrogens is 817 g/mol. The van der Waals surface area contributed by atoms with Gasteiger partial charge < -0.3 is 49.3 Å². The number of rotatable bonds is 13. The Morgan fingerprint density at radius 3 is 2.28 bits per heavy atom. The second-order valence-corrected chi connectivity index (χ2v) is 16.3. The summed E-state index contributed by atoms with van der Waals surface area (Å²) in [4.78, 5) is 72.4. The van der Waals surface area contributed by atoms with E-state index in [1.54, 1.807) is 28.1 Å². The zero-order valence-electron chi connectivity index (χ0n) is 36.5. The van der Waals surface area contributed by atoms with E-state index in [0.29, 0.717) is 49.0 Å². The molecule has 0 bridgehead atoms. The van der Waals surface area contributed by atoms with Gasteiger partial charge in [0.1, 0.15) is 29.8 Å². The van der Waals surface area contributed by atoms with Crippen LogP contribution in [0.15, 0.2) is 103 Å². The van der Waals surface area contributed by atoms with E-state index in [4.69, 9.17) is 28.9 Å². The number of H-pyrrole nitrogens is 2. The molecule has 16 nitrogen and oxygen atoms in total. The fourth-order valence-electron chi connectivity index (χ4n) is 8.53. The Bertz CT molecular complexity index is 2690. The highest BCUT2D eigenvalue weighted by Crippen LogP contribution is 2.46. The highest BCUT2D eigenvalue weighted by atomic mass is 16.7. The molecule has 2 aliphatic rings. The maximum atomic E-state index is 14.1. The predicted molar refractivity (Wildman–Crippen MR) is 239 cm³/mol. The highest BCUT2D eigenvalue weighted by molar-refractivity contribution is 6.05. The third-order valence-corrected chi connectivity index (χ3v) is 11.8. The predicted octanol–water partition coefficient (Wildman–Crippen LogP) is 7.17. The molecule has 4 aromatic carbocycles. The molecule has 6 aromatic rings. The van der Waals surface area contributed by atoms with Gasteiger partial charge in [-0.05, 0) is 52.1 Å². The largest absolute Gasteiger partial charge is 0.453 e. The Morgan fingerprint density at radius 2 is 1.59 bits per heavy atom. The minimum atomic E-state index is -1.18. The number of nitrogens with one attached hydrogen (secondary N) is 4. The van der Waals surface area contributed by atoms with Crippen molar-refractivity contribution in [2.24, 2.45) is 5.92 Å². The van der Waals surface area contributed by atoms with Gasteiger partial charge in [0.2, 0.25) is 17.6 Å². The van der Waals surface area contributed by atoms with Crippen LogP contribution in [0.5, 0.6) is 0 Å². The van der Waals surface area contributed by atoms with Crippen molar-refractivity contribution in [3.05, 3.63) is 120 Å². The lowest BCUT2D eigenvalue weighted by Gasteiger charge is -2.29. The number of aromatic nitrogens is 4. The number of nitrogens with zero attached hydrogens (tertiary/aromatic N) is 4. The van der Waals surface area contributed by atoms with Crippen LogP contribution in [0.3, 0.4) is 0 Å². The first kappa shape index (κ1) is 43.6. The van der Waals surface area contributed by atoms with Crippen molar-refractivity contribution in [1.29, 1.82) is 0 Å². The molecule has 16 heteroatoms. The lowest BCUT2D eigenvalue weighted by molar-refractivity contribution is -0.144. The van der Waals surface area contributed by atoms with Gasteiger partial charge >= 0.3 is 12.2 Å². The number of amides is 4. The quantitative estimate of drug-likeness (QED) is 0.0865. The lowest BCUT2D eigenvalue weighted by atomic mass is 9.99. The van der Waals surface area contributed by atoms with Crippen LogP contribution in [0, 0.1) is 5.92 Å². The maximum absolute atomic E-state index is 14.1. The van der Waals surface area contributed by atoms with Gasteiger partial charge in [0.05, 0.1) is 63.4 Å². The number of hydrogen-bond donors (Lipinski definition) is 4. The number of fused-ring (bicyclic) bond motifs is 3. The zero-order valence-corrected chi connectivity index (χ0v) is 36.5. The van der Waals surface area contributed by atoms with Crippen molar-refractivity contribution in [2.75, 3.05) is 40.5 Å². The van der Waals surface area contributed by atoms with Crippen LogP contribution >= 0.6 is 0 Å². The molecule has 2 aliphatic heterocycles. The number of ether oxygens (including phenoxy) is 4. The number of hydrogen-bond acceptors (Lipinski definition) is 10. The molecule has 0 aliphatic carbocycles. The van der Waals surface area contributed by atoms with Crippen molar-refractivity contribution in [2.45, 2.75) is 57.6 Å². The molecule has 4 heterocycles. The van der Waals surface area contributed by atoms with Gasteiger partial charge in [-0.15, -0.1) is 0 Å². The van der Waals surface area contributed by atoms with Crippen LogP contribution in [0.25, 0.3) is 44.2 Å². The average molecular weight is 869 g/mol. The van der Waals surface area contributed by atoms with E-state index in [1.165, 1.54) is 14.2 Å². The number of carbonyl (C=O) groups is 4. The van der Waals surface area contributed by atoms with E-state index in [1.807, 2.05) is 75.4 Å². The second-order valence-electron chi connectivity index (χ2n) is 16.3. The molecule has 0 unspecified atom stereocenters. The molecule has 4 amide bonds. The smallest absolute Gasteiger partial charge is 0.407 e. The van der Waals surface area contributed by atoms with Gasteiger partial charge in [0.25, 0.3) is 0 Å². The summed E-state index contributed by atoms with van der Waals surface area (Å²) in [7, 11) is 2.53. The summed E-state index contributed by atoms with van der Waals surface area (Å²) in [5.41, 5.74) is 6.50. The topological polar surface area (TPSA) is 193 Å². The summed E-state index contributed by atoms with van der Waals surface area (Å²) < 4.78 is 21.7. The Balaban J connectivity index is 1.01. The number of aromatic amines is 2. The van der Waals surface area contributed by atoms with Gasteiger partial charge in [0, 0.05) is 17.5 Å². The number of imidazole rings is 2. The molecule has 0 radical (unpaired) electrons. The summed E-state index contributed by atoms with van der Waals surface area (Å²) in [5, 5.41) is 7.38. The van der Waals surface area contributed by atoms with Crippen molar-refractivity contribution in [3.8, 4) is 22.4 Å². The highest BCUT2D eigenvalue weighted by Gasteiger charge is 2.55. The third kappa shape index (κ3) is 8.53. The Labute approximate surface area is 370 Å². The minimum Gasteiger partial charge on any atom is -0.453 e. The molecule has 3 atom stereocenters. The molecule has 4 N–H and O–H groups in total. The summed E-state index contributed by atoms with van der Waals surface area (Å²) in [6.45, 7) is 11.5. The molecular formula is C48H52N8O8. The van der Waals surface area contributed by atoms with Crippen LogP contribution < -0.4 is 10.6 Å². The first-order valence-corrected chi connectivity index (χ1v) is 21.3. The lowest BCUT2D eigenvalue weighted by Crippen LogP contribution is -2.52. The summed E-state index contributed by atoms with van der Waals surface area (Å²) in [6, 6.07) is 25.0. The van der Waals surface area contributed by atoms with Crippen LogP contribution in [0.2, 0.25) is 0 Å². The Morgan fingerprint density at radius 1 is 0.906 bits per heavy atom. The Hall–Kier alpha value is -7.04. The number of benzene rings is 4. The maximum Gasteiger partial charge on any atom is 0.407 e.